The van der Waals surface area contributed by atoms with Crippen LogP contribution in [0, 0.1) is 0 Å². The minimum Gasteiger partial charge on any atom is -0.383 e. The van der Waals surface area contributed by atoms with E-state index in [9.17, 15) is 9.59 Å². The minimum absolute atomic E-state index is 0.0273. The molecule has 1 aliphatic heterocycles. The molecular formula is C16H25N5O3. The molecule has 8 heteroatoms. The Morgan fingerprint density at radius 2 is 2.04 bits per heavy atom. The number of hydrogen-bond donors (Lipinski definition) is 3. The van der Waals surface area contributed by atoms with Crippen molar-refractivity contribution in [2.45, 2.75) is 50.7 Å². The Morgan fingerprint density at radius 1 is 1.29 bits per heavy atom. The maximum atomic E-state index is 12.0. The monoisotopic (exact) mass is 335 g/mol. The average molecular weight is 335 g/mol. The lowest BCUT2D eigenvalue weighted by molar-refractivity contribution is 0.0931. The molecule has 0 bridgehead atoms. The second-order valence-electron chi connectivity index (χ2n) is 6.45. The van der Waals surface area contributed by atoms with Gasteiger partial charge in [0.2, 0.25) is 0 Å². The zero-order chi connectivity index (χ0) is 16.9. The van der Waals surface area contributed by atoms with Crippen molar-refractivity contribution in [1.29, 1.82) is 0 Å². The predicted octanol–water partition coefficient (Wildman–Crippen LogP) is 0.426. The summed E-state index contributed by atoms with van der Waals surface area (Å²) >= 11 is 0. The van der Waals surface area contributed by atoms with Crippen molar-refractivity contribution in [2.24, 2.45) is 0 Å². The molecule has 1 aliphatic carbocycles. The molecule has 0 saturated heterocycles. The number of fused-ring (bicyclic) bond motifs is 1. The van der Waals surface area contributed by atoms with Gasteiger partial charge >= 0.3 is 6.03 Å². The zero-order valence-electron chi connectivity index (χ0n) is 14.0. The van der Waals surface area contributed by atoms with Gasteiger partial charge in [-0.1, -0.05) is 12.8 Å². The third-order valence-electron chi connectivity index (χ3n) is 4.56. The van der Waals surface area contributed by atoms with Crippen molar-refractivity contribution < 1.29 is 14.3 Å². The molecule has 0 aromatic carbocycles. The van der Waals surface area contributed by atoms with Crippen LogP contribution in [0.15, 0.2) is 6.07 Å². The Labute approximate surface area is 141 Å². The Morgan fingerprint density at radius 3 is 2.75 bits per heavy atom. The van der Waals surface area contributed by atoms with E-state index in [-0.39, 0.29) is 18.0 Å². The SMILES string of the molecule is COCCNC(=O)c1cc2n(n1)C[C@@H](NC(=O)NC1CCCC1)C2. The van der Waals surface area contributed by atoms with Crippen LogP contribution in [0.4, 0.5) is 4.79 Å². The van der Waals surface area contributed by atoms with E-state index in [2.05, 4.69) is 21.0 Å². The largest absolute Gasteiger partial charge is 0.383 e. The number of aromatic nitrogens is 2. The molecule has 3 N–H and O–H groups in total. The summed E-state index contributed by atoms with van der Waals surface area (Å²) in [6.45, 7) is 1.53. The van der Waals surface area contributed by atoms with Crippen LogP contribution in [0.1, 0.15) is 41.9 Å². The smallest absolute Gasteiger partial charge is 0.315 e. The summed E-state index contributed by atoms with van der Waals surface area (Å²) in [5, 5.41) is 13.1. The number of amides is 3. The number of nitrogens with zero attached hydrogens (tertiary/aromatic N) is 2. The fourth-order valence-electron chi connectivity index (χ4n) is 3.35. The number of carbonyl (C=O) groups is 2. The van der Waals surface area contributed by atoms with Gasteiger partial charge in [-0.15, -0.1) is 0 Å². The summed E-state index contributed by atoms with van der Waals surface area (Å²) in [6, 6.07) is 2.03. The Balaban J connectivity index is 1.46. The van der Waals surface area contributed by atoms with Crippen molar-refractivity contribution in [1.82, 2.24) is 25.7 Å². The van der Waals surface area contributed by atoms with E-state index in [0.29, 0.717) is 37.9 Å². The normalized spacial score (nSPS) is 20.0. The Hall–Kier alpha value is -2.09. The molecule has 3 rings (SSSR count). The van der Waals surface area contributed by atoms with E-state index in [0.717, 1.165) is 18.5 Å². The summed E-state index contributed by atoms with van der Waals surface area (Å²) in [5.41, 5.74) is 1.38. The molecule has 8 nitrogen and oxygen atoms in total. The van der Waals surface area contributed by atoms with E-state index >= 15 is 0 Å². The molecule has 132 valence electrons. The van der Waals surface area contributed by atoms with Crippen LogP contribution < -0.4 is 16.0 Å². The second kappa shape index (κ2) is 7.65. The topological polar surface area (TPSA) is 97.3 Å². The van der Waals surface area contributed by atoms with E-state index < -0.39 is 0 Å². The summed E-state index contributed by atoms with van der Waals surface area (Å²) in [7, 11) is 1.59. The van der Waals surface area contributed by atoms with Gasteiger partial charge in [0.25, 0.3) is 5.91 Å². The molecule has 0 radical (unpaired) electrons. The Bertz CT molecular complexity index is 571. The molecule has 2 aliphatic rings. The molecule has 3 amide bonds. The van der Waals surface area contributed by atoms with Crippen molar-refractivity contribution in [2.75, 3.05) is 20.3 Å². The number of hydrogen-bond acceptors (Lipinski definition) is 4. The number of ether oxygens (including phenoxy) is 1. The maximum Gasteiger partial charge on any atom is 0.315 e. The van der Waals surface area contributed by atoms with Gasteiger partial charge in [0.15, 0.2) is 0 Å². The molecule has 24 heavy (non-hydrogen) atoms. The quantitative estimate of drug-likeness (QED) is 0.657. The molecular weight excluding hydrogens is 310 g/mol. The van der Waals surface area contributed by atoms with Crippen molar-refractivity contribution in [3.05, 3.63) is 17.5 Å². The predicted molar refractivity (Wildman–Crippen MR) is 87.9 cm³/mol. The standard InChI is InChI=1S/C16H25N5O3/c1-24-7-6-17-15(22)14-9-13-8-12(10-21(13)20-14)19-16(23)18-11-4-2-3-5-11/h9,11-12H,2-8,10H2,1H3,(H,17,22)(H2,18,19,23)/t12-/m0/s1. The molecule has 1 atom stereocenters. The van der Waals surface area contributed by atoms with Crippen LogP contribution >= 0.6 is 0 Å². The van der Waals surface area contributed by atoms with Crippen LogP contribution in [0.2, 0.25) is 0 Å². The van der Waals surface area contributed by atoms with E-state index in [4.69, 9.17) is 4.74 Å². The van der Waals surface area contributed by atoms with Crippen LogP contribution in [0.25, 0.3) is 0 Å². The first kappa shape index (κ1) is 16.8. The highest BCUT2D eigenvalue weighted by Crippen LogP contribution is 2.18. The number of carbonyl (C=O) groups excluding carboxylic acids is 2. The third kappa shape index (κ3) is 4.05. The van der Waals surface area contributed by atoms with Gasteiger partial charge in [-0.2, -0.15) is 5.10 Å². The van der Waals surface area contributed by atoms with E-state index in [1.807, 2.05) is 0 Å². The van der Waals surface area contributed by atoms with E-state index in [1.165, 1.54) is 12.8 Å². The van der Waals surface area contributed by atoms with Gasteiger partial charge in [-0.25, -0.2) is 4.79 Å². The molecule has 1 aromatic rings. The molecule has 0 spiro atoms. The van der Waals surface area contributed by atoms with Gasteiger partial charge in [-0.3, -0.25) is 9.48 Å². The molecule has 1 saturated carbocycles. The van der Waals surface area contributed by atoms with Crippen LogP contribution in [-0.2, 0) is 17.7 Å². The summed E-state index contributed by atoms with van der Waals surface area (Å²) in [6.07, 6.45) is 5.22. The van der Waals surface area contributed by atoms with E-state index in [1.54, 1.807) is 17.9 Å². The number of rotatable bonds is 6. The summed E-state index contributed by atoms with van der Waals surface area (Å²) < 4.78 is 6.70. The Kier molecular flexibility index (Phi) is 5.34. The average Bonchev–Trinajstić information content (AvgIpc) is 3.23. The van der Waals surface area contributed by atoms with Gasteiger partial charge in [0.05, 0.1) is 19.2 Å². The van der Waals surface area contributed by atoms with Crippen molar-refractivity contribution in [3.8, 4) is 0 Å². The highest BCUT2D eigenvalue weighted by atomic mass is 16.5. The first-order chi connectivity index (χ1) is 11.7. The fourth-order valence-corrected chi connectivity index (χ4v) is 3.35. The highest BCUT2D eigenvalue weighted by molar-refractivity contribution is 5.92. The lowest BCUT2D eigenvalue weighted by Gasteiger charge is -2.16. The second-order valence-corrected chi connectivity index (χ2v) is 6.45. The molecule has 1 aromatic heterocycles. The summed E-state index contributed by atoms with van der Waals surface area (Å²) in [5.74, 6) is -0.197. The van der Waals surface area contributed by atoms with Gasteiger partial charge in [0.1, 0.15) is 5.69 Å². The van der Waals surface area contributed by atoms with Crippen LogP contribution in [0.5, 0.6) is 0 Å². The molecule has 2 heterocycles. The zero-order valence-corrected chi connectivity index (χ0v) is 14.0. The van der Waals surface area contributed by atoms with Crippen LogP contribution in [-0.4, -0.2) is 54.1 Å². The number of urea groups is 1. The van der Waals surface area contributed by atoms with Crippen molar-refractivity contribution in [3.63, 3.8) is 0 Å². The first-order valence-electron chi connectivity index (χ1n) is 8.56. The van der Waals surface area contributed by atoms with Crippen LogP contribution in [0.3, 0.4) is 0 Å². The highest BCUT2D eigenvalue weighted by Gasteiger charge is 2.27. The summed E-state index contributed by atoms with van der Waals surface area (Å²) in [4.78, 5) is 24.0. The molecule has 1 fully saturated rings. The van der Waals surface area contributed by atoms with Crippen molar-refractivity contribution >= 4 is 11.9 Å². The third-order valence-corrected chi connectivity index (χ3v) is 4.56. The van der Waals surface area contributed by atoms with Gasteiger partial charge in [-0.05, 0) is 18.9 Å². The fraction of sp³-hybridized carbons (Fsp3) is 0.688. The van der Waals surface area contributed by atoms with Gasteiger partial charge < -0.3 is 20.7 Å². The number of nitrogens with one attached hydrogen (secondary N) is 3. The molecule has 0 unspecified atom stereocenters. The van der Waals surface area contributed by atoms with Gasteiger partial charge in [0, 0.05) is 31.8 Å². The lowest BCUT2D eigenvalue weighted by Crippen LogP contribution is -2.46. The maximum absolute atomic E-state index is 12.0. The number of methoxy groups -OCH3 is 1. The lowest BCUT2D eigenvalue weighted by atomic mass is 10.2. The minimum atomic E-state index is -0.197. The first-order valence-corrected chi connectivity index (χ1v) is 8.56.